The fourth-order valence-corrected chi connectivity index (χ4v) is 1.33. The zero-order chi connectivity index (χ0) is 9.35. The van der Waals surface area contributed by atoms with Crippen LogP contribution in [0.25, 0.3) is 0 Å². The second kappa shape index (κ2) is 2.63. The maximum atomic E-state index is 10.8. The summed E-state index contributed by atoms with van der Waals surface area (Å²) in [4.78, 5) is 12.6. The lowest BCUT2D eigenvalue weighted by Gasteiger charge is -1.90. The van der Waals surface area contributed by atoms with E-state index in [9.17, 15) is 13.2 Å². The average molecular weight is 189 g/mol. The van der Waals surface area contributed by atoms with Gasteiger partial charge < -0.3 is 10.1 Å². The van der Waals surface area contributed by atoms with Crippen molar-refractivity contribution in [3.63, 3.8) is 0 Å². The second-order valence-electron chi connectivity index (χ2n) is 2.31. The van der Waals surface area contributed by atoms with E-state index < -0.39 is 15.8 Å². The van der Waals surface area contributed by atoms with Gasteiger partial charge in [0.05, 0.1) is 0 Å². The minimum atomic E-state index is -3.33. The maximum absolute atomic E-state index is 10.8. The van der Waals surface area contributed by atoms with Gasteiger partial charge in [-0.15, -0.1) is 0 Å². The van der Waals surface area contributed by atoms with Crippen molar-refractivity contribution in [3.05, 3.63) is 17.8 Å². The quantitative estimate of drug-likeness (QED) is 0.691. The Morgan fingerprint density at radius 3 is 2.33 bits per heavy atom. The first-order chi connectivity index (χ1) is 5.41. The molecule has 1 heterocycles. The molecule has 0 amide bonds. The van der Waals surface area contributed by atoms with E-state index in [2.05, 4.69) is 4.98 Å². The number of aromatic carboxylic acids is 1. The molecule has 0 aromatic carbocycles. The fourth-order valence-electron chi connectivity index (χ4n) is 0.716. The molecule has 2 N–H and O–H groups in total. The molecule has 66 valence electrons. The van der Waals surface area contributed by atoms with Gasteiger partial charge in [-0.05, 0) is 12.1 Å². The first-order valence-electron chi connectivity index (χ1n) is 3.03. The first-order valence-corrected chi connectivity index (χ1v) is 4.93. The van der Waals surface area contributed by atoms with E-state index >= 15 is 0 Å². The number of carboxylic acids is 1. The van der Waals surface area contributed by atoms with Crippen molar-refractivity contribution < 1.29 is 18.3 Å². The summed E-state index contributed by atoms with van der Waals surface area (Å²) in [6, 6.07) is 2.43. The van der Waals surface area contributed by atoms with E-state index in [1.165, 1.54) is 12.1 Å². The van der Waals surface area contributed by atoms with Gasteiger partial charge >= 0.3 is 5.97 Å². The Kier molecular flexibility index (Phi) is 1.93. The summed E-state index contributed by atoms with van der Waals surface area (Å²) in [5, 5.41) is 8.35. The summed E-state index contributed by atoms with van der Waals surface area (Å²) in [5.41, 5.74) is -0.129. The van der Waals surface area contributed by atoms with E-state index in [-0.39, 0.29) is 10.7 Å². The van der Waals surface area contributed by atoms with Gasteiger partial charge in [0.15, 0.2) is 9.84 Å². The van der Waals surface area contributed by atoms with Crippen LogP contribution in [0.3, 0.4) is 0 Å². The number of H-pyrrole nitrogens is 1. The maximum Gasteiger partial charge on any atom is 0.352 e. The van der Waals surface area contributed by atoms with Crippen molar-refractivity contribution >= 4 is 15.8 Å². The molecule has 12 heavy (non-hydrogen) atoms. The van der Waals surface area contributed by atoms with Gasteiger partial charge in [0.25, 0.3) is 0 Å². The predicted octanol–water partition coefficient (Wildman–Crippen LogP) is 0.116. The molecule has 0 radical (unpaired) electrons. The number of aromatic amines is 1. The summed E-state index contributed by atoms with van der Waals surface area (Å²) >= 11 is 0. The number of carboxylic acid groups (broad SMARTS) is 1. The van der Waals surface area contributed by atoms with E-state index in [0.29, 0.717) is 0 Å². The third-order valence-corrected chi connectivity index (χ3v) is 2.33. The molecule has 0 fully saturated rings. The molecule has 1 rings (SSSR count). The number of hydrogen-bond donors (Lipinski definition) is 2. The monoisotopic (exact) mass is 189 g/mol. The van der Waals surface area contributed by atoms with Crippen LogP contribution in [0.4, 0.5) is 0 Å². The molecule has 0 aliphatic carbocycles. The Morgan fingerprint density at radius 2 is 2.08 bits per heavy atom. The fraction of sp³-hybridized carbons (Fsp3) is 0.167. The van der Waals surface area contributed by atoms with Crippen LogP contribution in [0, 0.1) is 0 Å². The van der Waals surface area contributed by atoms with Crippen molar-refractivity contribution in [1.82, 2.24) is 4.98 Å². The van der Waals surface area contributed by atoms with Crippen LogP contribution < -0.4 is 0 Å². The van der Waals surface area contributed by atoms with Crippen LogP contribution in [0.5, 0.6) is 0 Å². The van der Waals surface area contributed by atoms with Crippen LogP contribution in [-0.2, 0) is 9.84 Å². The number of sulfone groups is 1. The first kappa shape index (κ1) is 8.79. The van der Waals surface area contributed by atoms with Crippen molar-refractivity contribution in [2.75, 3.05) is 6.26 Å². The number of nitrogens with one attached hydrogen (secondary N) is 1. The lowest BCUT2D eigenvalue weighted by Crippen LogP contribution is -2.00. The Morgan fingerprint density at radius 1 is 1.50 bits per heavy atom. The van der Waals surface area contributed by atoms with Crippen molar-refractivity contribution in [3.8, 4) is 0 Å². The highest BCUT2D eigenvalue weighted by molar-refractivity contribution is 7.90. The largest absolute Gasteiger partial charge is 0.477 e. The van der Waals surface area contributed by atoms with Crippen molar-refractivity contribution in [1.29, 1.82) is 0 Å². The molecule has 1 aromatic heterocycles. The molecule has 0 saturated heterocycles. The second-order valence-corrected chi connectivity index (χ2v) is 4.30. The zero-order valence-electron chi connectivity index (χ0n) is 6.23. The molecule has 0 aliphatic heterocycles. The number of rotatable bonds is 2. The molecule has 5 nitrogen and oxygen atoms in total. The Labute approximate surface area is 69.0 Å². The molecule has 6 heteroatoms. The highest BCUT2D eigenvalue weighted by Gasteiger charge is 2.12. The SMILES string of the molecule is CS(=O)(=O)c1ccc(C(=O)O)[nH]1. The number of aromatic nitrogens is 1. The van der Waals surface area contributed by atoms with Crippen LogP contribution >= 0.6 is 0 Å². The van der Waals surface area contributed by atoms with Gasteiger partial charge in [-0.25, -0.2) is 13.2 Å². The summed E-state index contributed by atoms with van der Waals surface area (Å²) in [5.74, 6) is -1.18. The minimum absolute atomic E-state index is 0.0834. The lowest BCUT2D eigenvalue weighted by atomic mass is 10.4. The summed E-state index contributed by atoms with van der Waals surface area (Å²) in [7, 11) is -3.33. The number of hydrogen-bond acceptors (Lipinski definition) is 3. The highest BCUT2D eigenvalue weighted by Crippen LogP contribution is 2.07. The Hall–Kier alpha value is -1.30. The number of carbonyl (C=O) groups is 1. The predicted molar refractivity (Wildman–Crippen MR) is 40.9 cm³/mol. The van der Waals surface area contributed by atoms with Crippen LogP contribution in [0.2, 0.25) is 0 Å². The molecule has 0 spiro atoms. The van der Waals surface area contributed by atoms with Gasteiger partial charge in [0, 0.05) is 6.26 Å². The summed E-state index contributed by atoms with van der Waals surface area (Å²) in [6.45, 7) is 0. The standard InChI is InChI=1S/C6H7NO4S/c1-12(10,11)5-3-2-4(7-5)6(8)9/h2-3,7H,1H3,(H,8,9). The van der Waals surface area contributed by atoms with Crippen LogP contribution in [-0.4, -0.2) is 30.7 Å². The molecule has 0 unspecified atom stereocenters. The third-order valence-electron chi connectivity index (χ3n) is 1.29. The molecule has 0 bridgehead atoms. The normalized spacial score (nSPS) is 11.4. The van der Waals surface area contributed by atoms with E-state index in [0.717, 1.165) is 6.26 Å². The van der Waals surface area contributed by atoms with Crippen LogP contribution in [0.15, 0.2) is 17.2 Å². The molecule has 0 aliphatic rings. The Bertz CT molecular complexity index is 403. The van der Waals surface area contributed by atoms with Gasteiger partial charge in [-0.1, -0.05) is 0 Å². The zero-order valence-corrected chi connectivity index (χ0v) is 7.05. The van der Waals surface area contributed by atoms with Crippen molar-refractivity contribution in [2.45, 2.75) is 5.03 Å². The van der Waals surface area contributed by atoms with Gasteiger partial charge in [0.2, 0.25) is 0 Å². The molecule has 1 aromatic rings. The van der Waals surface area contributed by atoms with Gasteiger partial charge in [-0.2, -0.15) is 0 Å². The van der Waals surface area contributed by atoms with Crippen molar-refractivity contribution in [2.24, 2.45) is 0 Å². The highest BCUT2D eigenvalue weighted by atomic mass is 32.2. The minimum Gasteiger partial charge on any atom is -0.477 e. The molecular weight excluding hydrogens is 182 g/mol. The molecule has 0 saturated carbocycles. The topological polar surface area (TPSA) is 87.2 Å². The van der Waals surface area contributed by atoms with Gasteiger partial charge in [0.1, 0.15) is 10.7 Å². The van der Waals surface area contributed by atoms with E-state index in [1.54, 1.807) is 0 Å². The Balaban J connectivity index is 3.17. The average Bonchev–Trinajstić information content (AvgIpc) is 2.30. The molecule has 0 atom stereocenters. The van der Waals surface area contributed by atoms with E-state index in [4.69, 9.17) is 5.11 Å². The lowest BCUT2D eigenvalue weighted by molar-refractivity contribution is 0.0691. The van der Waals surface area contributed by atoms with Gasteiger partial charge in [-0.3, -0.25) is 0 Å². The van der Waals surface area contributed by atoms with Crippen LogP contribution in [0.1, 0.15) is 10.5 Å². The smallest absolute Gasteiger partial charge is 0.352 e. The molecular formula is C6H7NO4S. The summed E-state index contributed by atoms with van der Waals surface area (Å²) < 4.78 is 21.7. The summed E-state index contributed by atoms with van der Waals surface area (Å²) in [6.07, 6.45) is 1.00. The third kappa shape index (κ3) is 1.65. The van der Waals surface area contributed by atoms with E-state index in [1.807, 2.05) is 0 Å².